The zero-order valence-electron chi connectivity index (χ0n) is 24.4. The number of rotatable bonds is 13. The quantitative estimate of drug-likeness (QED) is 0.284. The first kappa shape index (κ1) is 31.8. The number of hydrogen-bond acceptors (Lipinski definition) is 4. The summed E-state index contributed by atoms with van der Waals surface area (Å²) in [6.07, 6.45) is 1.58. The maximum Gasteiger partial charge on any atom is 0.264 e. The maximum absolute atomic E-state index is 14.2. The van der Waals surface area contributed by atoms with Crippen molar-refractivity contribution in [2.75, 3.05) is 10.8 Å². The summed E-state index contributed by atoms with van der Waals surface area (Å²) in [5, 5.41) is 2.95. The van der Waals surface area contributed by atoms with Gasteiger partial charge in [0, 0.05) is 12.6 Å². The van der Waals surface area contributed by atoms with Crippen LogP contribution in [0.1, 0.15) is 57.2 Å². The molecule has 0 saturated heterocycles. The lowest BCUT2D eigenvalue weighted by Gasteiger charge is -2.34. The SMILES string of the molecule is CCc1ccccc1N(CC(=O)N(Cc1ccc(F)cc1)[C@H](CC)C(=O)N[C@H](C)CC)S(=O)(=O)c1ccc(C)cc1. The van der Waals surface area contributed by atoms with Crippen molar-refractivity contribution >= 4 is 27.5 Å². The molecule has 0 unspecified atom stereocenters. The van der Waals surface area contributed by atoms with E-state index in [4.69, 9.17) is 0 Å². The van der Waals surface area contributed by atoms with Gasteiger partial charge in [-0.25, -0.2) is 12.8 Å². The Morgan fingerprint density at radius 3 is 2.12 bits per heavy atom. The first-order valence-corrected chi connectivity index (χ1v) is 15.5. The van der Waals surface area contributed by atoms with Gasteiger partial charge in [-0.3, -0.25) is 13.9 Å². The Bertz CT molecular complexity index is 1430. The second-order valence-corrected chi connectivity index (χ2v) is 12.1. The molecule has 0 saturated carbocycles. The lowest BCUT2D eigenvalue weighted by molar-refractivity contribution is -0.140. The number of para-hydroxylation sites is 1. The van der Waals surface area contributed by atoms with E-state index in [1.54, 1.807) is 43.3 Å². The number of nitrogens with zero attached hydrogens (tertiary/aromatic N) is 2. The molecular weight excluding hydrogens is 541 g/mol. The number of amides is 2. The number of hydrogen-bond donors (Lipinski definition) is 1. The van der Waals surface area contributed by atoms with Crippen molar-refractivity contribution in [2.24, 2.45) is 0 Å². The molecule has 3 rings (SSSR count). The van der Waals surface area contributed by atoms with Crippen LogP contribution in [0.3, 0.4) is 0 Å². The summed E-state index contributed by atoms with van der Waals surface area (Å²) < 4.78 is 42.9. The maximum atomic E-state index is 14.2. The van der Waals surface area contributed by atoms with Crippen molar-refractivity contribution in [2.45, 2.75) is 77.4 Å². The minimum Gasteiger partial charge on any atom is -0.352 e. The van der Waals surface area contributed by atoms with Gasteiger partial charge in [0.1, 0.15) is 18.4 Å². The monoisotopic (exact) mass is 581 g/mol. The van der Waals surface area contributed by atoms with Gasteiger partial charge in [-0.15, -0.1) is 0 Å². The van der Waals surface area contributed by atoms with Crippen LogP contribution in [0.4, 0.5) is 10.1 Å². The molecule has 0 bridgehead atoms. The molecular formula is C32H40FN3O4S. The molecule has 0 fully saturated rings. The van der Waals surface area contributed by atoms with Crippen LogP contribution in [0.2, 0.25) is 0 Å². The fourth-order valence-electron chi connectivity index (χ4n) is 4.55. The molecule has 7 nitrogen and oxygen atoms in total. The van der Waals surface area contributed by atoms with Crippen LogP contribution in [0.5, 0.6) is 0 Å². The average Bonchev–Trinajstić information content (AvgIpc) is 2.96. The molecule has 0 heterocycles. The number of nitrogens with one attached hydrogen (secondary N) is 1. The van der Waals surface area contributed by atoms with Crippen molar-refractivity contribution in [1.82, 2.24) is 10.2 Å². The van der Waals surface area contributed by atoms with Gasteiger partial charge in [0.15, 0.2) is 0 Å². The van der Waals surface area contributed by atoms with E-state index in [0.717, 1.165) is 15.4 Å². The van der Waals surface area contributed by atoms with E-state index in [9.17, 15) is 22.4 Å². The largest absolute Gasteiger partial charge is 0.352 e. The second-order valence-electron chi connectivity index (χ2n) is 10.2. The summed E-state index contributed by atoms with van der Waals surface area (Å²) in [6.45, 7) is 8.93. The summed E-state index contributed by atoms with van der Waals surface area (Å²) in [7, 11) is -4.15. The first-order chi connectivity index (χ1) is 19.5. The third kappa shape index (κ3) is 7.94. The Morgan fingerprint density at radius 1 is 0.902 bits per heavy atom. The molecule has 1 N–H and O–H groups in total. The number of sulfonamides is 1. The van der Waals surface area contributed by atoms with Crippen molar-refractivity contribution in [1.29, 1.82) is 0 Å². The van der Waals surface area contributed by atoms with Crippen LogP contribution in [-0.4, -0.2) is 43.8 Å². The van der Waals surface area contributed by atoms with E-state index >= 15 is 0 Å². The van der Waals surface area contributed by atoms with E-state index < -0.39 is 34.3 Å². The van der Waals surface area contributed by atoms with Gasteiger partial charge in [-0.1, -0.05) is 68.8 Å². The molecule has 2 atom stereocenters. The minimum atomic E-state index is -4.15. The third-order valence-electron chi connectivity index (χ3n) is 7.18. The highest BCUT2D eigenvalue weighted by atomic mass is 32.2. The topological polar surface area (TPSA) is 86.8 Å². The van der Waals surface area contributed by atoms with Gasteiger partial charge in [-0.05, 0) is 74.6 Å². The van der Waals surface area contributed by atoms with E-state index in [-0.39, 0.29) is 23.4 Å². The highest BCUT2D eigenvalue weighted by molar-refractivity contribution is 7.92. The summed E-state index contributed by atoms with van der Waals surface area (Å²) in [5.41, 5.74) is 2.70. The second kappa shape index (κ2) is 14.3. The van der Waals surface area contributed by atoms with Gasteiger partial charge >= 0.3 is 0 Å². The zero-order valence-corrected chi connectivity index (χ0v) is 25.2. The fourth-order valence-corrected chi connectivity index (χ4v) is 6.00. The van der Waals surface area contributed by atoms with Crippen LogP contribution in [-0.2, 0) is 32.6 Å². The molecule has 0 aliphatic heterocycles. The summed E-state index contributed by atoms with van der Waals surface area (Å²) >= 11 is 0. The molecule has 220 valence electrons. The minimum absolute atomic E-state index is 0.0133. The van der Waals surface area contributed by atoms with Gasteiger partial charge in [0.05, 0.1) is 10.6 Å². The van der Waals surface area contributed by atoms with E-state index in [1.807, 2.05) is 39.8 Å². The third-order valence-corrected chi connectivity index (χ3v) is 8.96. The molecule has 0 aliphatic rings. The van der Waals surface area contributed by atoms with Crippen molar-refractivity contribution < 1.29 is 22.4 Å². The van der Waals surface area contributed by atoms with Gasteiger partial charge < -0.3 is 10.2 Å². The van der Waals surface area contributed by atoms with Crippen LogP contribution < -0.4 is 9.62 Å². The zero-order chi connectivity index (χ0) is 30.2. The van der Waals surface area contributed by atoms with E-state index in [0.29, 0.717) is 30.5 Å². The van der Waals surface area contributed by atoms with Gasteiger partial charge in [0.2, 0.25) is 11.8 Å². The number of anilines is 1. The molecule has 0 aromatic heterocycles. The Labute approximate surface area is 243 Å². The predicted molar refractivity (Wildman–Crippen MR) is 160 cm³/mol. The van der Waals surface area contributed by atoms with Crippen molar-refractivity contribution in [3.05, 3.63) is 95.3 Å². The summed E-state index contributed by atoms with van der Waals surface area (Å²) in [4.78, 5) is 29.0. The van der Waals surface area contributed by atoms with Crippen molar-refractivity contribution in [3.8, 4) is 0 Å². The Morgan fingerprint density at radius 2 is 1.54 bits per heavy atom. The Kier molecular flexibility index (Phi) is 11.1. The Balaban J connectivity index is 2.09. The van der Waals surface area contributed by atoms with E-state index in [1.165, 1.54) is 29.2 Å². The Hall–Kier alpha value is -3.72. The van der Waals surface area contributed by atoms with Crippen LogP contribution in [0.15, 0.2) is 77.7 Å². The standard InChI is InChI=1S/C32H40FN3O4S/c1-6-24(5)34-32(38)29(8-3)35(21-25-15-17-27(33)18-16-25)31(37)22-36(30-12-10-9-11-26(30)7-2)41(39,40)28-19-13-23(4)14-20-28/h9-20,24,29H,6-8,21-22H2,1-5H3,(H,34,38)/t24-,29-/m1/s1. The highest BCUT2D eigenvalue weighted by Crippen LogP contribution is 2.28. The summed E-state index contributed by atoms with van der Waals surface area (Å²) in [6, 6.07) is 18.3. The van der Waals surface area contributed by atoms with Gasteiger partial charge in [-0.2, -0.15) is 0 Å². The molecule has 3 aromatic carbocycles. The van der Waals surface area contributed by atoms with Crippen molar-refractivity contribution in [3.63, 3.8) is 0 Å². The molecule has 3 aromatic rings. The molecule has 0 radical (unpaired) electrons. The number of carbonyl (C=O) groups is 2. The fraction of sp³-hybridized carbons (Fsp3) is 0.375. The highest BCUT2D eigenvalue weighted by Gasteiger charge is 2.34. The first-order valence-electron chi connectivity index (χ1n) is 14.0. The number of carbonyl (C=O) groups excluding carboxylic acids is 2. The summed E-state index contributed by atoms with van der Waals surface area (Å²) in [5.74, 6) is -1.28. The number of aryl methyl sites for hydroxylation is 2. The molecule has 0 aliphatic carbocycles. The van der Waals surface area contributed by atoms with Crippen LogP contribution in [0.25, 0.3) is 0 Å². The molecule has 2 amide bonds. The normalized spacial score (nSPS) is 12.8. The molecule has 41 heavy (non-hydrogen) atoms. The number of benzene rings is 3. The van der Waals surface area contributed by atoms with E-state index in [2.05, 4.69) is 5.32 Å². The predicted octanol–water partition coefficient (Wildman–Crippen LogP) is 5.61. The lowest BCUT2D eigenvalue weighted by Crippen LogP contribution is -2.53. The van der Waals surface area contributed by atoms with Crippen LogP contribution in [0, 0.1) is 12.7 Å². The molecule has 9 heteroatoms. The van der Waals surface area contributed by atoms with Gasteiger partial charge in [0.25, 0.3) is 10.0 Å². The van der Waals surface area contributed by atoms with Crippen LogP contribution >= 0.6 is 0 Å². The lowest BCUT2D eigenvalue weighted by atomic mass is 10.1. The molecule has 0 spiro atoms. The smallest absolute Gasteiger partial charge is 0.264 e. The number of halogens is 1. The average molecular weight is 582 g/mol.